The number of aromatic nitrogens is 1. The van der Waals surface area contributed by atoms with Crippen molar-refractivity contribution in [1.29, 1.82) is 0 Å². The van der Waals surface area contributed by atoms with E-state index in [2.05, 4.69) is 31.5 Å². The van der Waals surface area contributed by atoms with Crippen LogP contribution in [0.5, 0.6) is 0 Å². The van der Waals surface area contributed by atoms with Crippen molar-refractivity contribution in [3.8, 4) is 0 Å². The van der Waals surface area contributed by atoms with Gasteiger partial charge in [0.1, 0.15) is 17.8 Å². The summed E-state index contributed by atoms with van der Waals surface area (Å²) in [5, 5.41) is 26.5. The predicted octanol–water partition coefficient (Wildman–Crippen LogP) is 5.08. The van der Waals surface area contributed by atoms with Crippen LogP contribution in [0.4, 0.5) is 21.8 Å². The first-order valence-electron chi connectivity index (χ1n) is 23.5. The second-order valence-electron chi connectivity index (χ2n) is 18.0. The van der Waals surface area contributed by atoms with Crippen LogP contribution in [0.3, 0.4) is 0 Å². The molecule has 2 aromatic carbocycles. The fraction of sp³-hybridized carbons (Fsp3) is 0.438. The number of alkyl halides is 3. The smallest absolute Gasteiger partial charge is 0.394 e. The molecule has 3 atom stereocenters. The highest BCUT2D eigenvalue weighted by molar-refractivity contribution is 6.58. The van der Waals surface area contributed by atoms with E-state index in [1.54, 1.807) is 68.5 Å². The molecule has 23 heteroatoms. The summed E-state index contributed by atoms with van der Waals surface area (Å²) in [4.78, 5) is 77.0. The Morgan fingerprint density at radius 3 is 2.13 bits per heavy atom. The molecule has 17 nitrogen and oxygen atoms in total. The lowest BCUT2D eigenvalue weighted by molar-refractivity contribution is -0.362. The van der Waals surface area contributed by atoms with Crippen LogP contribution in [0.25, 0.3) is 6.08 Å². The van der Waals surface area contributed by atoms with E-state index in [9.17, 15) is 47.1 Å². The van der Waals surface area contributed by atoms with Crippen molar-refractivity contribution >= 4 is 54.2 Å². The number of fused-ring (bicyclic) bond motifs is 2. The van der Waals surface area contributed by atoms with Crippen LogP contribution in [0.2, 0.25) is 0 Å². The number of allylic oxidation sites excluding steroid dienone is 2. The van der Waals surface area contributed by atoms with Crippen LogP contribution >= 0.6 is 0 Å². The summed E-state index contributed by atoms with van der Waals surface area (Å²) in [7, 11) is 0. The molecule has 0 radical (unpaired) electrons. The number of unbranched alkanes of at least 4 members (excludes halogenated alkanes) is 3. The van der Waals surface area contributed by atoms with E-state index in [-0.39, 0.29) is 63.1 Å². The topological polar surface area (TPSA) is 241 Å². The third-order valence-corrected chi connectivity index (χ3v) is 12.7. The highest BCUT2D eigenvalue weighted by atomic mass is 19.4. The Bertz CT molecular complexity index is 2590. The Kier molecular flexibility index (Phi) is 17.5. The summed E-state index contributed by atoms with van der Waals surface area (Å²) in [5.41, 5.74) is 7.75. The maximum absolute atomic E-state index is 15.7. The minimum absolute atomic E-state index is 0.00156. The van der Waals surface area contributed by atoms with Gasteiger partial charge in [0.25, 0.3) is 0 Å². The van der Waals surface area contributed by atoms with Crippen molar-refractivity contribution in [3.63, 3.8) is 0 Å². The Labute approximate surface area is 406 Å². The highest BCUT2D eigenvalue weighted by Gasteiger charge is 2.65. The number of amides is 6. The Hall–Kier alpha value is -7.04. The summed E-state index contributed by atoms with van der Waals surface area (Å²) in [6.07, 6.45) is 2.41. The molecular formula is C48H58BF5N10O7. The zero-order valence-corrected chi connectivity index (χ0v) is 39.4. The minimum atomic E-state index is -4.73. The number of nitrogens with one attached hydrogen (secondary N) is 5. The average molecular weight is 993 g/mol. The fourth-order valence-electron chi connectivity index (χ4n) is 8.88. The van der Waals surface area contributed by atoms with Crippen LogP contribution < -0.4 is 32.5 Å². The van der Waals surface area contributed by atoms with Gasteiger partial charge in [-0.15, -0.1) is 10.2 Å². The number of nitrogens with zero attached hydrogens (tertiary/aromatic N) is 4. The molecule has 0 aliphatic carbocycles. The molecule has 0 saturated carbocycles. The molecule has 6 amide bonds. The normalized spacial score (nSPS) is 16.2. The Balaban J connectivity index is 0.898. The molecule has 3 aliphatic rings. The molecule has 3 aromatic rings. The number of benzene rings is 2. The standard InChI is InChI=1S/C48H58BF5N10O7/c1-30-25-31(2)63-40(30)29-37-20-19-36(64(37)49(63,53)54)21-22-41(65)56-23-10-8-13-38(44(55)68)58-42(66)14-7-4-9-24-57-46(70)39(27-32-11-5-3-6-12-32)59-45(69)34(28-43(67)60-71)26-33-15-17-35(18-16-33)47(61-62-47)48(50,51)52/h3,5-6,11-12,15-20,25,29,34,38-39,71H,4,7-10,13-14,21-24,26-28H2,1-2H3,(H2,55,68)(H,56,65)(H,57,70)(H,58,66)(H,59,69)(H,60,67)/t34-,38+,39+/m1/s1. The zero-order valence-electron chi connectivity index (χ0n) is 39.4. The van der Waals surface area contributed by atoms with Gasteiger partial charge >= 0.3 is 18.8 Å². The summed E-state index contributed by atoms with van der Waals surface area (Å²) < 4.78 is 74.0. The van der Waals surface area contributed by atoms with Gasteiger partial charge in [0.05, 0.1) is 5.92 Å². The largest absolute Gasteiger partial charge is 0.737 e. The van der Waals surface area contributed by atoms with Gasteiger partial charge in [-0.2, -0.15) is 13.2 Å². The molecule has 0 fully saturated rings. The number of hydrogen-bond donors (Lipinski definition) is 7. The summed E-state index contributed by atoms with van der Waals surface area (Å²) in [6.45, 7) is -0.238. The second-order valence-corrected chi connectivity index (χ2v) is 18.0. The maximum atomic E-state index is 15.7. The zero-order chi connectivity index (χ0) is 51.5. The van der Waals surface area contributed by atoms with Crippen molar-refractivity contribution in [2.45, 2.75) is 115 Å². The van der Waals surface area contributed by atoms with E-state index in [0.29, 0.717) is 66.0 Å². The van der Waals surface area contributed by atoms with E-state index < -0.39 is 72.8 Å². The third-order valence-electron chi connectivity index (χ3n) is 12.7. The van der Waals surface area contributed by atoms with Crippen molar-refractivity contribution in [1.82, 2.24) is 31.2 Å². The number of hydrogen-bond acceptors (Lipinski definition) is 9. The van der Waals surface area contributed by atoms with E-state index in [1.165, 1.54) is 29.7 Å². The van der Waals surface area contributed by atoms with Crippen molar-refractivity contribution in [3.05, 3.63) is 112 Å². The number of primary amides is 1. The van der Waals surface area contributed by atoms with Gasteiger partial charge in [0.2, 0.25) is 35.4 Å². The second kappa shape index (κ2) is 23.3. The molecule has 380 valence electrons. The molecule has 0 saturated heterocycles. The summed E-state index contributed by atoms with van der Waals surface area (Å²) in [6, 6.07) is 13.6. The maximum Gasteiger partial charge on any atom is 0.737 e. The number of rotatable bonds is 26. The molecule has 8 N–H and O–H groups in total. The highest BCUT2D eigenvalue weighted by Crippen LogP contribution is 2.52. The molecule has 0 spiro atoms. The van der Waals surface area contributed by atoms with Crippen molar-refractivity contribution in [2.75, 3.05) is 13.1 Å². The monoisotopic (exact) mass is 992 g/mol. The average Bonchev–Trinajstić information content (AvgIpc) is 3.97. The van der Waals surface area contributed by atoms with Crippen LogP contribution in [-0.4, -0.2) is 93.6 Å². The fourth-order valence-corrected chi connectivity index (χ4v) is 8.88. The Morgan fingerprint density at radius 2 is 1.46 bits per heavy atom. The molecule has 4 heterocycles. The van der Waals surface area contributed by atoms with Gasteiger partial charge in [-0.1, -0.05) is 61.0 Å². The van der Waals surface area contributed by atoms with Gasteiger partial charge in [-0.25, -0.2) is 5.48 Å². The lowest BCUT2D eigenvalue weighted by Crippen LogP contribution is -2.50. The molecule has 3 aliphatic heterocycles. The molecule has 0 unspecified atom stereocenters. The molecule has 71 heavy (non-hydrogen) atoms. The molecular weight excluding hydrogens is 934 g/mol. The Morgan fingerprint density at radius 1 is 0.789 bits per heavy atom. The first kappa shape index (κ1) is 53.3. The van der Waals surface area contributed by atoms with Crippen LogP contribution in [0, 0.1) is 19.8 Å². The van der Waals surface area contributed by atoms with Crippen LogP contribution in [0.1, 0.15) is 97.8 Å². The van der Waals surface area contributed by atoms with Gasteiger partial charge in [-0.05, 0) is 80.8 Å². The lowest BCUT2D eigenvalue weighted by Gasteiger charge is -2.30. The summed E-state index contributed by atoms with van der Waals surface area (Å²) >= 11 is 0. The van der Waals surface area contributed by atoms with Crippen LogP contribution in [0.15, 0.2) is 88.7 Å². The first-order valence-corrected chi connectivity index (χ1v) is 23.5. The van der Waals surface area contributed by atoms with Gasteiger partial charge in [0.15, 0.2) is 5.70 Å². The number of halogens is 5. The van der Waals surface area contributed by atoms with E-state index in [4.69, 9.17) is 5.73 Å². The lowest BCUT2D eigenvalue weighted by atomic mass is 9.90. The summed E-state index contributed by atoms with van der Waals surface area (Å²) in [5.74, 6) is -4.69. The number of aryl methyl sites for hydroxylation is 2. The van der Waals surface area contributed by atoms with Gasteiger partial charge in [-0.3, -0.25) is 34.0 Å². The quantitative estimate of drug-likeness (QED) is 0.0189. The first-order chi connectivity index (χ1) is 33.7. The SMILES string of the molecule is Cc1cc(C)n2c1C=C1C=CC(CCC(=O)NCCCC[C@H](NC(=O)CCCCCNC(=O)[C@H](Cc3ccccc3)NC(=O)[C@@H](CC(=O)NO)Cc3ccc(C4(C(F)(F)F)N=N4)cc3)C(N)=O)=[N+]1[B-]2(F)F. The third kappa shape index (κ3) is 13.4. The number of carbonyl (C=O) groups is 6. The minimum Gasteiger partial charge on any atom is -0.394 e. The molecule has 1 aromatic heterocycles. The van der Waals surface area contributed by atoms with Crippen molar-refractivity contribution in [2.24, 2.45) is 21.9 Å². The predicted molar refractivity (Wildman–Crippen MR) is 251 cm³/mol. The van der Waals surface area contributed by atoms with E-state index in [0.717, 1.165) is 14.5 Å². The number of carbonyl (C=O) groups excluding carboxylic acids is 6. The molecule has 0 bridgehead atoms. The van der Waals surface area contributed by atoms with Gasteiger partial charge in [0, 0.05) is 74.7 Å². The van der Waals surface area contributed by atoms with Gasteiger partial charge < -0.3 is 44.6 Å². The van der Waals surface area contributed by atoms with Crippen LogP contribution in [-0.2, 0) is 47.3 Å². The number of nitrogens with two attached hydrogens (primary N) is 1. The number of hydroxylamine groups is 1. The van der Waals surface area contributed by atoms with E-state index in [1.807, 2.05) is 0 Å². The van der Waals surface area contributed by atoms with Crippen molar-refractivity contribution < 1.29 is 60.3 Å². The molecule has 6 rings (SSSR count). The van der Waals surface area contributed by atoms with E-state index >= 15 is 8.63 Å².